The summed E-state index contributed by atoms with van der Waals surface area (Å²) >= 11 is 3.24. The number of aromatic nitrogens is 2. The number of carbonyl (C=O) groups is 1. The quantitative estimate of drug-likeness (QED) is 0.928. The molecule has 20 heavy (non-hydrogen) atoms. The Morgan fingerprint density at radius 3 is 2.40 bits per heavy atom. The molecule has 0 aliphatic carbocycles. The molecule has 2 rings (SSSR count). The molecular weight excluding hydrogens is 324 g/mol. The number of halogens is 1. The molecule has 5 nitrogen and oxygen atoms in total. The fraction of sp³-hybridized carbons (Fsp3) is 0.286. The van der Waals surface area contributed by atoms with Crippen LogP contribution >= 0.6 is 15.9 Å². The van der Waals surface area contributed by atoms with Gasteiger partial charge in [-0.2, -0.15) is 0 Å². The van der Waals surface area contributed by atoms with Crippen LogP contribution in [0.1, 0.15) is 24.3 Å². The lowest BCUT2D eigenvalue weighted by Gasteiger charge is -2.10. The average molecular weight is 339 g/mol. The first-order valence-electron chi connectivity index (χ1n) is 6.12. The van der Waals surface area contributed by atoms with Crippen molar-refractivity contribution in [3.05, 3.63) is 34.6 Å². The Morgan fingerprint density at radius 2 is 1.95 bits per heavy atom. The molecule has 0 radical (unpaired) electrons. The van der Waals surface area contributed by atoms with Crippen LogP contribution in [-0.4, -0.2) is 26.7 Å². The fourth-order valence-corrected chi connectivity index (χ4v) is 2.25. The molecule has 0 atom stereocenters. The third-order valence-corrected chi connectivity index (χ3v) is 3.62. The molecule has 0 amide bonds. The zero-order valence-corrected chi connectivity index (χ0v) is 13.0. The van der Waals surface area contributed by atoms with Crippen molar-refractivity contribution in [3.63, 3.8) is 0 Å². The number of benzene rings is 1. The monoisotopic (exact) mass is 338 g/mol. The number of hydrogen-bond acceptors (Lipinski definition) is 3. The van der Waals surface area contributed by atoms with E-state index in [1.165, 1.54) is 0 Å². The first-order valence-corrected chi connectivity index (χ1v) is 6.92. The third-order valence-electron chi connectivity index (χ3n) is 2.71. The van der Waals surface area contributed by atoms with E-state index in [0.29, 0.717) is 10.4 Å². The Labute approximate surface area is 125 Å². The van der Waals surface area contributed by atoms with E-state index in [4.69, 9.17) is 9.84 Å². The highest BCUT2D eigenvalue weighted by atomic mass is 79.9. The number of hydrogen-bond donors (Lipinski definition) is 1. The lowest BCUT2D eigenvalue weighted by Crippen LogP contribution is -2.05. The molecule has 0 saturated heterocycles. The number of carboxylic acids is 1. The van der Waals surface area contributed by atoms with Gasteiger partial charge in [-0.1, -0.05) is 0 Å². The second-order valence-corrected chi connectivity index (χ2v) is 5.38. The molecule has 0 aliphatic heterocycles. The van der Waals surface area contributed by atoms with Gasteiger partial charge in [0.1, 0.15) is 16.2 Å². The van der Waals surface area contributed by atoms with E-state index in [0.717, 1.165) is 11.3 Å². The molecule has 0 spiro atoms. The van der Waals surface area contributed by atoms with Gasteiger partial charge in [0.05, 0.1) is 6.10 Å². The van der Waals surface area contributed by atoms with Crippen LogP contribution in [0.4, 0.5) is 0 Å². The molecule has 1 N–H and O–H groups in total. The Hall–Kier alpha value is -1.82. The van der Waals surface area contributed by atoms with Crippen LogP contribution in [0.5, 0.6) is 5.75 Å². The van der Waals surface area contributed by atoms with E-state index in [2.05, 4.69) is 20.9 Å². The summed E-state index contributed by atoms with van der Waals surface area (Å²) in [4.78, 5) is 15.2. The van der Waals surface area contributed by atoms with Gasteiger partial charge in [-0.15, -0.1) is 0 Å². The van der Waals surface area contributed by atoms with Crippen LogP contribution in [0.3, 0.4) is 0 Å². The van der Waals surface area contributed by atoms with Crippen LogP contribution in [0, 0.1) is 0 Å². The normalized spacial score (nSPS) is 10.8. The highest BCUT2D eigenvalue weighted by Crippen LogP contribution is 2.26. The van der Waals surface area contributed by atoms with E-state index in [-0.39, 0.29) is 11.8 Å². The van der Waals surface area contributed by atoms with Crippen molar-refractivity contribution in [1.82, 2.24) is 9.55 Å². The predicted molar refractivity (Wildman–Crippen MR) is 79.1 cm³/mol. The van der Waals surface area contributed by atoms with Crippen molar-refractivity contribution in [2.24, 2.45) is 7.05 Å². The maximum atomic E-state index is 11.1. The van der Waals surface area contributed by atoms with E-state index in [9.17, 15) is 4.79 Å². The molecule has 0 bridgehead atoms. The zero-order chi connectivity index (χ0) is 14.9. The van der Waals surface area contributed by atoms with Crippen LogP contribution in [-0.2, 0) is 7.05 Å². The number of imidazole rings is 1. The van der Waals surface area contributed by atoms with Crippen LogP contribution in [0.15, 0.2) is 28.9 Å². The van der Waals surface area contributed by atoms with E-state index in [1.807, 2.05) is 38.1 Å². The van der Waals surface area contributed by atoms with Crippen molar-refractivity contribution in [3.8, 4) is 17.1 Å². The minimum atomic E-state index is -1.06. The van der Waals surface area contributed by atoms with Gasteiger partial charge in [0, 0.05) is 12.6 Å². The Morgan fingerprint density at radius 1 is 1.35 bits per heavy atom. The van der Waals surface area contributed by atoms with E-state index >= 15 is 0 Å². The highest BCUT2D eigenvalue weighted by Gasteiger charge is 2.19. The second-order valence-electron chi connectivity index (χ2n) is 4.63. The maximum Gasteiger partial charge on any atom is 0.357 e. The number of carboxylic acid groups (broad SMARTS) is 1. The third kappa shape index (κ3) is 2.85. The van der Waals surface area contributed by atoms with Gasteiger partial charge in [0.25, 0.3) is 0 Å². The predicted octanol–water partition coefficient (Wildman–Crippen LogP) is 3.34. The SMILES string of the molecule is CC(C)Oc1ccc(-c2nc(C(=O)O)c(Br)n2C)cc1. The van der Waals surface area contributed by atoms with Gasteiger partial charge in [-0.25, -0.2) is 9.78 Å². The first-order chi connectivity index (χ1) is 9.40. The lowest BCUT2D eigenvalue weighted by molar-refractivity contribution is 0.0690. The minimum Gasteiger partial charge on any atom is -0.491 e. The topological polar surface area (TPSA) is 64.3 Å². The molecule has 0 saturated carbocycles. The molecule has 1 aromatic heterocycles. The molecule has 0 unspecified atom stereocenters. The maximum absolute atomic E-state index is 11.1. The fourth-order valence-electron chi connectivity index (χ4n) is 1.83. The van der Waals surface area contributed by atoms with Crippen molar-refractivity contribution in [1.29, 1.82) is 0 Å². The van der Waals surface area contributed by atoms with Crippen LogP contribution in [0.2, 0.25) is 0 Å². The highest BCUT2D eigenvalue weighted by molar-refractivity contribution is 9.10. The Bertz CT molecular complexity index is 633. The van der Waals surface area contributed by atoms with Crippen LogP contribution in [0.25, 0.3) is 11.4 Å². The smallest absolute Gasteiger partial charge is 0.357 e. The summed E-state index contributed by atoms with van der Waals surface area (Å²) in [6.07, 6.45) is 0.113. The molecule has 106 valence electrons. The summed E-state index contributed by atoms with van der Waals surface area (Å²) < 4.78 is 7.71. The zero-order valence-electron chi connectivity index (χ0n) is 11.4. The van der Waals surface area contributed by atoms with Gasteiger partial charge in [0.15, 0.2) is 5.69 Å². The summed E-state index contributed by atoms with van der Waals surface area (Å²) in [5, 5.41) is 9.07. The van der Waals surface area contributed by atoms with Crippen molar-refractivity contribution >= 4 is 21.9 Å². The largest absolute Gasteiger partial charge is 0.491 e. The minimum absolute atomic E-state index is 0.00464. The molecule has 0 fully saturated rings. The summed E-state index contributed by atoms with van der Waals surface area (Å²) in [5.74, 6) is 0.305. The van der Waals surface area contributed by atoms with Gasteiger partial charge >= 0.3 is 5.97 Å². The number of nitrogens with zero attached hydrogens (tertiary/aromatic N) is 2. The molecule has 1 heterocycles. The van der Waals surface area contributed by atoms with Gasteiger partial charge in [-0.05, 0) is 54.0 Å². The standard InChI is InChI=1S/C14H15BrN2O3/c1-8(2)20-10-6-4-9(5-7-10)13-16-11(14(18)19)12(15)17(13)3/h4-8H,1-3H3,(H,18,19). The molecule has 1 aromatic carbocycles. The number of aromatic carboxylic acids is 1. The lowest BCUT2D eigenvalue weighted by atomic mass is 10.2. The van der Waals surface area contributed by atoms with Crippen molar-refractivity contribution in [2.45, 2.75) is 20.0 Å². The molecule has 2 aromatic rings. The van der Waals surface area contributed by atoms with Gasteiger partial charge < -0.3 is 14.4 Å². The molecular formula is C14H15BrN2O3. The van der Waals surface area contributed by atoms with Crippen molar-refractivity contribution in [2.75, 3.05) is 0 Å². The summed E-state index contributed by atoms with van der Waals surface area (Å²) in [5.41, 5.74) is 0.835. The molecule has 6 heteroatoms. The van der Waals surface area contributed by atoms with Gasteiger partial charge in [-0.3, -0.25) is 0 Å². The van der Waals surface area contributed by atoms with Crippen LogP contribution < -0.4 is 4.74 Å². The number of rotatable bonds is 4. The second kappa shape index (κ2) is 5.66. The Kier molecular flexibility index (Phi) is 4.13. The van der Waals surface area contributed by atoms with Crippen molar-refractivity contribution < 1.29 is 14.6 Å². The summed E-state index contributed by atoms with van der Waals surface area (Å²) in [6, 6.07) is 7.41. The number of ether oxygens (including phenoxy) is 1. The molecule has 0 aliphatic rings. The Balaban J connectivity index is 2.37. The summed E-state index contributed by atoms with van der Waals surface area (Å²) in [7, 11) is 1.76. The van der Waals surface area contributed by atoms with E-state index in [1.54, 1.807) is 11.6 Å². The van der Waals surface area contributed by atoms with E-state index < -0.39 is 5.97 Å². The average Bonchev–Trinajstić information content (AvgIpc) is 2.67. The van der Waals surface area contributed by atoms with Gasteiger partial charge in [0.2, 0.25) is 0 Å². The summed E-state index contributed by atoms with van der Waals surface area (Å²) in [6.45, 7) is 3.92. The first kappa shape index (κ1) is 14.6.